The fraction of sp³-hybridized carbons (Fsp3) is 0.300. The fourth-order valence-corrected chi connectivity index (χ4v) is 3.48. The largest absolute Gasteiger partial charge is 0.370 e. The molecule has 2 aromatic carbocycles. The van der Waals surface area contributed by atoms with Gasteiger partial charge in [-0.1, -0.05) is 6.07 Å². The Morgan fingerprint density at radius 2 is 2.00 bits per heavy atom. The number of nitrogens with zero attached hydrogens (tertiary/aromatic N) is 1. The van der Waals surface area contributed by atoms with E-state index in [1.165, 1.54) is 12.1 Å². The number of ether oxygens (including phenoxy) is 1. The molecular weight excluding hydrogens is 354 g/mol. The summed E-state index contributed by atoms with van der Waals surface area (Å²) in [7, 11) is 0. The minimum atomic E-state index is -0.682. The van der Waals surface area contributed by atoms with Gasteiger partial charge in [0, 0.05) is 35.8 Å². The van der Waals surface area contributed by atoms with Crippen LogP contribution in [0.25, 0.3) is 0 Å². The van der Waals surface area contributed by atoms with Crippen molar-refractivity contribution in [2.24, 2.45) is 0 Å². The number of morpholine rings is 1. The lowest BCUT2D eigenvalue weighted by molar-refractivity contribution is -0.116. The van der Waals surface area contributed by atoms with E-state index in [-0.39, 0.29) is 30.5 Å². The highest BCUT2D eigenvalue weighted by Crippen LogP contribution is 2.28. The Morgan fingerprint density at radius 3 is 2.81 bits per heavy atom. The van der Waals surface area contributed by atoms with Gasteiger partial charge in [0.2, 0.25) is 5.91 Å². The Labute approximate surface area is 154 Å². The molecule has 2 amide bonds. The van der Waals surface area contributed by atoms with Gasteiger partial charge in [0.1, 0.15) is 17.7 Å². The molecule has 7 heteroatoms. The molecule has 1 atom stereocenters. The Hall–Kier alpha value is -2.80. The standard InChI is InChI=1S/C20H18F2N2O3/c21-14-3-4-15(16(22)10-14)18-11-24(7-8-27-18)20(26)13-1-5-17-12(9-13)2-6-19(25)23-17/h1,3-5,9-10,18H,2,6-8,11H2,(H,23,25). The lowest BCUT2D eigenvalue weighted by Crippen LogP contribution is -2.42. The average Bonchev–Trinajstić information content (AvgIpc) is 2.67. The first-order valence-corrected chi connectivity index (χ1v) is 8.80. The first-order valence-electron chi connectivity index (χ1n) is 8.80. The number of fused-ring (bicyclic) bond motifs is 1. The van der Waals surface area contributed by atoms with E-state index in [0.717, 1.165) is 17.3 Å². The van der Waals surface area contributed by atoms with E-state index in [1.807, 2.05) is 0 Å². The van der Waals surface area contributed by atoms with Crippen LogP contribution in [0.15, 0.2) is 36.4 Å². The Balaban J connectivity index is 1.53. The number of anilines is 1. The van der Waals surface area contributed by atoms with Crippen molar-refractivity contribution in [3.05, 3.63) is 64.7 Å². The highest BCUT2D eigenvalue weighted by atomic mass is 19.1. The van der Waals surface area contributed by atoms with Crippen LogP contribution in [-0.2, 0) is 16.0 Å². The van der Waals surface area contributed by atoms with E-state index in [4.69, 9.17) is 4.74 Å². The van der Waals surface area contributed by atoms with Crippen molar-refractivity contribution in [3.8, 4) is 0 Å². The molecule has 1 unspecified atom stereocenters. The molecule has 0 spiro atoms. The Bertz CT molecular complexity index is 916. The molecule has 0 saturated carbocycles. The number of rotatable bonds is 2. The molecule has 4 rings (SSSR count). The number of carbonyl (C=O) groups is 2. The minimum Gasteiger partial charge on any atom is -0.370 e. The molecular formula is C20H18F2N2O3. The molecule has 2 aromatic rings. The van der Waals surface area contributed by atoms with Crippen molar-refractivity contribution in [1.82, 2.24) is 4.90 Å². The van der Waals surface area contributed by atoms with Crippen LogP contribution < -0.4 is 5.32 Å². The van der Waals surface area contributed by atoms with Crippen LogP contribution in [0.1, 0.15) is 34.0 Å². The number of hydrogen-bond acceptors (Lipinski definition) is 3. The molecule has 1 N–H and O–H groups in total. The second-order valence-electron chi connectivity index (χ2n) is 6.70. The van der Waals surface area contributed by atoms with Gasteiger partial charge < -0.3 is 15.0 Å². The minimum absolute atomic E-state index is 0.0288. The van der Waals surface area contributed by atoms with Crippen LogP contribution in [0.4, 0.5) is 14.5 Å². The van der Waals surface area contributed by atoms with Crippen LogP contribution in [0.5, 0.6) is 0 Å². The monoisotopic (exact) mass is 372 g/mol. The second-order valence-corrected chi connectivity index (χ2v) is 6.70. The average molecular weight is 372 g/mol. The van der Waals surface area contributed by atoms with Crippen molar-refractivity contribution in [2.75, 3.05) is 25.0 Å². The van der Waals surface area contributed by atoms with E-state index in [2.05, 4.69) is 5.32 Å². The van der Waals surface area contributed by atoms with Gasteiger partial charge in [0.15, 0.2) is 0 Å². The summed E-state index contributed by atoms with van der Waals surface area (Å²) in [6.07, 6.45) is 0.350. The lowest BCUT2D eigenvalue weighted by Gasteiger charge is -2.33. The molecule has 2 heterocycles. The smallest absolute Gasteiger partial charge is 0.254 e. The van der Waals surface area contributed by atoms with Gasteiger partial charge in [-0.25, -0.2) is 8.78 Å². The maximum atomic E-state index is 14.0. The number of amides is 2. The molecule has 0 aromatic heterocycles. The predicted molar refractivity (Wildman–Crippen MR) is 94.3 cm³/mol. The highest BCUT2D eigenvalue weighted by molar-refractivity contribution is 5.98. The third-order valence-electron chi connectivity index (χ3n) is 4.91. The molecule has 2 aliphatic rings. The zero-order valence-electron chi connectivity index (χ0n) is 14.5. The van der Waals surface area contributed by atoms with Gasteiger partial charge in [-0.2, -0.15) is 0 Å². The summed E-state index contributed by atoms with van der Waals surface area (Å²) >= 11 is 0. The van der Waals surface area contributed by atoms with E-state index >= 15 is 0 Å². The molecule has 2 aliphatic heterocycles. The maximum absolute atomic E-state index is 14.0. The van der Waals surface area contributed by atoms with Gasteiger partial charge in [0.25, 0.3) is 5.91 Å². The Kier molecular flexibility index (Phi) is 4.61. The van der Waals surface area contributed by atoms with Crippen LogP contribution in [0.3, 0.4) is 0 Å². The SMILES string of the molecule is O=C1CCc2cc(C(=O)N3CCOC(c4ccc(F)cc4F)C3)ccc2N1. The lowest BCUT2D eigenvalue weighted by atomic mass is 9.99. The number of aryl methyl sites for hydroxylation is 1. The topological polar surface area (TPSA) is 58.6 Å². The Morgan fingerprint density at radius 1 is 1.15 bits per heavy atom. The summed E-state index contributed by atoms with van der Waals surface area (Å²) in [6, 6.07) is 8.55. The molecule has 0 bridgehead atoms. The van der Waals surface area contributed by atoms with Crippen LogP contribution in [0, 0.1) is 11.6 Å². The van der Waals surface area contributed by atoms with Gasteiger partial charge >= 0.3 is 0 Å². The van der Waals surface area contributed by atoms with Crippen LogP contribution in [-0.4, -0.2) is 36.4 Å². The highest BCUT2D eigenvalue weighted by Gasteiger charge is 2.28. The summed E-state index contributed by atoms with van der Waals surface area (Å²) in [5.41, 5.74) is 2.41. The number of nitrogens with one attached hydrogen (secondary N) is 1. The quantitative estimate of drug-likeness (QED) is 0.882. The van der Waals surface area contributed by atoms with E-state index in [1.54, 1.807) is 23.1 Å². The maximum Gasteiger partial charge on any atom is 0.254 e. The van der Waals surface area contributed by atoms with Crippen molar-refractivity contribution < 1.29 is 23.1 Å². The summed E-state index contributed by atoms with van der Waals surface area (Å²) in [5, 5.41) is 2.79. The molecule has 27 heavy (non-hydrogen) atoms. The van der Waals surface area contributed by atoms with Gasteiger partial charge in [-0.05, 0) is 36.2 Å². The predicted octanol–water partition coefficient (Wildman–Crippen LogP) is 3.06. The van der Waals surface area contributed by atoms with E-state index in [0.29, 0.717) is 24.9 Å². The summed E-state index contributed by atoms with van der Waals surface area (Å²) < 4.78 is 32.8. The molecule has 0 aliphatic carbocycles. The summed E-state index contributed by atoms with van der Waals surface area (Å²) in [4.78, 5) is 26.0. The summed E-state index contributed by atoms with van der Waals surface area (Å²) in [5.74, 6) is -1.54. The third kappa shape index (κ3) is 3.55. The fourth-order valence-electron chi connectivity index (χ4n) is 3.48. The van der Waals surface area contributed by atoms with Crippen molar-refractivity contribution >= 4 is 17.5 Å². The number of hydrogen-bond donors (Lipinski definition) is 1. The van der Waals surface area contributed by atoms with Crippen molar-refractivity contribution in [2.45, 2.75) is 18.9 Å². The van der Waals surface area contributed by atoms with Crippen molar-refractivity contribution in [3.63, 3.8) is 0 Å². The normalized spacial score (nSPS) is 19.4. The van der Waals surface area contributed by atoms with E-state index in [9.17, 15) is 18.4 Å². The van der Waals surface area contributed by atoms with Gasteiger partial charge in [0.05, 0.1) is 13.2 Å². The molecule has 0 radical (unpaired) electrons. The first-order chi connectivity index (χ1) is 13.0. The van der Waals surface area contributed by atoms with Gasteiger partial charge in [-0.3, -0.25) is 9.59 Å². The van der Waals surface area contributed by atoms with E-state index < -0.39 is 17.7 Å². The zero-order valence-corrected chi connectivity index (χ0v) is 14.5. The zero-order chi connectivity index (χ0) is 19.0. The van der Waals surface area contributed by atoms with Crippen molar-refractivity contribution in [1.29, 1.82) is 0 Å². The van der Waals surface area contributed by atoms with Crippen LogP contribution >= 0.6 is 0 Å². The van der Waals surface area contributed by atoms with Gasteiger partial charge in [-0.15, -0.1) is 0 Å². The first kappa shape index (κ1) is 17.6. The molecule has 1 fully saturated rings. The number of benzene rings is 2. The van der Waals surface area contributed by atoms with Crippen LogP contribution in [0.2, 0.25) is 0 Å². The number of halogens is 2. The molecule has 1 saturated heterocycles. The number of carbonyl (C=O) groups excluding carboxylic acids is 2. The molecule has 5 nitrogen and oxygen atoms in total. The second kappa shape index (κ2) is 7.08. The third-order valence-corrected chi connectivity index (χ3v) is 4.91. The summed E-state index contributed by atoms with van der Waals surface area (Å²) in [6.45, 7) is 0.857. The molecule has 140 valence electrons.